The molecule has 1 aromatic rings. The van der Waals surface area contributed by atoms with Crippen LogP contribution >= 0.6 is 0 Å². The van der Waals surface area contributed by atoms with Gasteiger partial charge in [-0.05, 0) is 59.1 Å². The smallest absolute Gasteiger partial charge is 0.407 e. The number of ether oxygens (including phenoxy) is 2. The van der Waals surface area contributed by atoms with Gasteiger partial charge in [0.2, 0.25) is 0 Å². The van der Waals surface area contributed by atoms with Crippen LogP contribution in [0.25, 0.3) is 0 Å². The fraction of sp³-hybridized carbons (Fsp3) is 0.636. The lowest BCUT2D eigenvalue weighted by Gasteiger charge is -2.36. The lowest BCUT2D eigenvalue weighted by molar-refractivity contribution is -0.154. The van der Waals surface area contributed by atoms with E-state index in [9.17, 15) is 9.59 Å². The molecule has 28 heavy (non-hydrogen) atoms. The van der Waals surface area contributed by atoms with Crippen LogP contribution < -0.4 is 5.32 Å². The Hall–Kier alpha value is -2.08. The first kappa shape index (κ1) is 20.6. The van der Waals surface area contributed by atoms with Crippen LogP contribution in [0.3, 0.4) is 0 Å². The third-order valence-electron chi connectivity index (χ3n) is 5.67. The molecule has 0 saturated carbocycles. The summed E-state index contributed by atoms with van der Waals surface area (Å²) >= 11 is 0. The first-order valence-electron chi connectivity index (χ1n) is 10.2. The predicted molar refractivity (Wildman–Crippen MR) is 107 cm³/mol. The molecule has 1 N–H and O–H groups in total. The van der Waals surface area contributed by atoms with Crippen molar-refractivity contribution in [1.82, 2.24) is 10.2 Å². The molecule has 1 amide bonds. The molecule has 2 aliphatic heterocycles. The number of fused-ring (bicyclic) bond motifs is 2. The Kier molecular flexibility index (Phi) is 6.28. The van der Waals surface area contributed by atoms with Crippen LogP contribution in [0.2, 0.25) is 0 Å². The quantitative estimate of drug-likeness (QED) is 0.783. The average Bonchev–Trinajstić information content (AvgIpc) is 2.82. The van der Waals surface area contributed by atoms with Crippen molar-refractivity contribution in [2.45, 2.75) is 76.2 Å². The number of alkyl carbamates (subject to hydrolysis) is 1. The third kappa shape index (κ3) is 5.25. The van der Waals surface area contributed by atoms with Crippen LogP contribution in [-0.2, 0) is 14.3 Å². The standard InChI is InChI=1S/C22H32N2O4/c1-22(2,3)28-21(26)23-14-19(15-8-6-5-7-9-15)20(25)27-18-12-16-10-11-17(13-18)24(16)4/h5-9,16-19H,10-14H2,1-4H3,(H,23,26)/t16-,17-,19?/m0/s1. The van der Waals surface area contributed by atoms with Gasteiger partial charge < -0.3 is 19.7 Å². The molecule has 0 spiro atoms. The minimum atomic E-state index is -0.583. The summed E-state index contributed by atoms with van der Waals surface area (Å²) in [5.74, 6) is -0.831. The Morgan fingerprint density at radius 1 is 1.14 bits per heavy atom. The molecule has 154 valence electrons. The van der Waals surface area contributed by atoms with E-state index in [1.807, 2.05) is 51.1 Å². The molecule has 0 radical (unpaired) electrons. The van der Waals surface area contributed by atoms with Gasteiger partial charge in [0, 0.05) is 18.6 Å². The molecule has 3 rings (SSSR count). The van der Waals surface area contributed by atoms with E-state index in [0.717, 1.165) is 18.4 Å². The molecule has 2 bridgehead atoms. The number of benzene rings is 1. The third-order valence-corrected chi connectivity index (χ3v) is 5.67. The SMILES string of the molecule is CN1[C@H]2CC[C@H]1CC(OC(=O)C(CNC(=O)OC(C)(C)C)c1ccccc1)C2. The molecule has 2 heterocycles. The minimum absolute atomic E-state index is 0.0473. The summed E-state index contributed by atoms with van der Waals surface area (Å²) in [6, 6.07) is 10.5. The zero-order chi connectivity index (χ0) is 20.3. The van der Waals surface area contributed by atoms with Crippen molar-refractivity contribution in [2.75, 3.05) is 13.6 Å². The Labute approximate surface area is 167 Å². The maximum Gasteiger partial charge on any atom is 0.407 e. The Morgan fingerprint density at radius 3 is 2.32 bits per heavy atom. The second-order valence-electron chi connectivity index (χ2n) is 8.93. The first-order chi connectivity index (χ1) is 13.2. The second-order valence-corrected chi connectivity index (χ2v) is 8.93. The van der Waals surface area contributed by atoms with E-state index >= 15 is 0 Å². The summed E-state index contributed by atoms with van der Waals surface area (Å²) in [7, 11) is 2.16. The van der Waals surface area contributed by atoms with Gasteiger partial charge in [-0.2, -0.15) is 0 Å². The van der Waals surface area contributed by atoms with E-state index in [4.69, 9.17) is 9.47 Å². The molecule has 0 aliphatic carbocycles. The number of esters is 1. The van der Waals surface area contributed by atoms with E-state index in [1.165, 1.54) is 12.8 Å². The number of piperidine rings is 1. The summed E-state index contributed by atoms with van der Waals surface area (Å²) < 4.78 is 11.2. The van der Waals surface area contributed by atoms with Gasteiger partial charge in [0.25, 0.3) is 0 Å². The van der Waals surface area contributed by atoms with E-state index in [2.05, 4.69) is 17.3 Å². The highest BCUT2D eigenvalue weighted by Crippen LogP contribution is 2.36. The van der Waals surface area contributed by atoms with Crippen molar-refractivity contribution >= 4 is 12.1 Å². The molecule has 6 nitrogen and oxygen atoms in total. The van der Waals surface area contributed by atoms with Gasteiger partial charge in [-0.3, -0.25) is 4.79 Å². The van der Waals surface area contributed by atoms with Crippen LogP contribution in [0.4, 0.5) is 4.79 Å². The topological polar surface area (TPSA) is 67.9 Å². The number of nitrogens with one attached hydrogen (secondary N) is 1. The number of carbonyl (C=O) groups is 2. The van der Waals surface area contributed by atoms with Crippen molar-refractivity contribution in [3.63, 3.8) is 0 Å². The monoisotopic (exact) mass is 388 g/mol. The summed E-state index contributed by atoms with van der Waals surface area (Å²) in [4.78, 5) is 27.5. The number of rotatable bonds is 5. The predicted octanol–water partition coefficient (Wildman–Crippen LogP) is 3.46. The second kappa shape index (κ2) is 8.52. The van der Waals surface area contributed by atoms with Crippen molar-refractivity contribution in [1.29, 1.82) is 0 Å². The van der Waals surface area contributed by atoms with Crippen molar-refractivity contribution in [3.05, 3.63) is 35.9 Å². The van der Waals surface area contributed by atoms with Crippen molar-refractivity contribution in [2.24, 2.45) is 0 Å². The zero-order valence-electron chi connectivity index (χ0n) is 17.3. The van der Waals surface area contributed by atoms with Crippen molar-refractivity contribution in [3.8, 4) is 0 Å². The summed E-state index contributed by atoms with van der Waals surface area (Å²) in [5.41, 5.74) is 0.250. The lowest BCUT2D eigenvalue weighted by Crippen LogP contribution is -2.44. The van der Waals surface area contributed by atoms with Gasteiger partial charge in [-0.1, -0.05) is 30.3 Å². The van der Waals surface area contributed by atoms with Gasteiger partial charge in [-0.15, -0.1) is 0 Å². The van der Waals surface area contributed by atoms with Crippen molar-refractivity contribution < 1.29 is 19.1 Å². The highest BCUT2D eigenvalue weighted by Gasteiger charge is 2.40. The van der Waals surface area contributed by atoms with Gasteiger partial charge in [0.15, 0.2) is 0 Å². The molecular weight excluding hydrogens is 356 g/mol. The first-order valence-corrected chi connectivity index (χ1v) is 10.2. The van der Waals surface area contributed by atoms with Gasteiger partial charge >= 0.3 is 12.1 Å². The van der Waals surface area contributed by atoms with E-state index in [0.29, 0.717) is 12.1 Å². The number of hydrogen-bond donors (Lipinski definition) is 1. The fourth-order valence-corrected chi connectivity index (χ4v) is 4.23. The van der Waals surface area contributed by atoms with E-state index in [1.54, 1.807) is 0 Å². The molecule has 2 fully saturated rings. The average molecular weight is 389 g/mol. The van der Waals surface area contributed by atoms with Crippen LogP contribution in [0.1, 0.15) is 57.9 Å². The normalized spacial score (nSPS) is 25.8. The lowest BCUT2D eigenvalue weighted by atomic mass is 9.97. The Bertz CT molecular complexity index is 672. The van der Waals surface area contributed by atoms with E-state index in [-0.39, 0.29) is 18.6 Å². The maximum absolute atomic E-state index is 13.0. The van der Waals surface area contributed by atoms with Crippen LogP contribution in [0.15, 0.2) is 30.3 Å². The molecule has 1 unspecified atom stereocenters. The molecule has 1 aromatic carbocycles. The summed E-state index contributed by atoms with van der Waals surface area (Å²) in [5, 5.41) is 2.72. The zero-order valence-corrected chi connectivity index (χ0v) is 17.3. The maximum atomic E-state index is 13.0. The highest BCUT2D eigenvalue weighted by molar-refractivity contribution is 5.79. The van der Waals surface area contributed by atoms with Crippen LogP contribution in [0, 0.1) is 0 Å². The van der Waals surface area contributed by atoms with Crippen LogP contribution in [0.5, 0.6) is 0 Å². The largest absolute Gasteiger partial charge is 0.462 e. The van der Waals surface area contributed by atoms with Crippen LogP contribution in [-0.4, -0.2) is 54.3 Å². The Balaban J connectivity index is 1.63. The summed E-state index contributed by atoms with van der Waals surface area (Å²) in [6.45, 7) is 5.58. The minimum Gasteiger partial charge on any atom is -0.462 e. The van der Waals surface area contributed by atoms with Gasteiger partial charge in [0.05, 0.1) is 5.92 Å². The van der Waals surface area contributed by atoms with Gasteiger partial charge in [-0.25, -0.2) is 4.79 Å². The number of hydrogen-bond acceptors (Lipinski definition) is 5. The van der Waals surface area contributed by atoms with Gasteiger partial charge in [0.1, 0.15) is 11.7 Å². The number of amides is 1. The molecular formula is C22H32N2O4. The van der Waals surface area contributed by atoms with E-state index < -0.39 is 17.6 Å². The molecule has 0 aromatic heterocycles. The number of carbonyl (C=O) groups excluding carboxylic acids is 2. The summed E-state index contributed by atoms with van der Waals surface area (Å²) in [6.07, 6.45) is 3.56. The molecule has 6 heteroatoms. The highest BCUT2D eigenvalue weighted by atomic mass is 16.6. The fourth-order valence-electron chi connectivity index (χ4n) is 4.23. The molecule has 2 saturated heterocycles. The Morgan fingerprint density at radius 2 is 1.75 bits per heavy atom. The molecule has 3 atom stereocenters. The molecule has 2 aliphatic rings. The number of nitrogens with zero attached hydrogens (tertiary/aromatic N) is 1.